The minimum Gasteiger partial charge on any atom is -0.493 e. The van der Waals surface area contributed by atoms with E-state index in [0.717, 1.165) is 11.1 Å². The summed E-state index contributed by atoms with van der Waals surface area (Å²) in [5.74, 6) is 0.672. The lowest BCUT2D eigenvalue weighted by Gasteiger charge is -2.32. The van der Waals surface area contributed by atoms with Crippen LogP contribution in [0.1, 0.15) is 36.9 Å². The molecule has 0 saturated carbocycles. The number of aryl methyl sites for hydroxylation is 1. The van der Waals surface area contributed by atoms with E-state index in [4.69, 9.17) is 9.47 Å². The van der Waals surface area contributed by atoms with E-state index in [9.17, 15) is 13.2 Å². The van der Waals surface area contributed by atoms with E-state index in [0.29, 0.717) is 30.9 Å². The van der Waals surface area contributed by atoms with E-state index in [-0.39, 0.29) is 23.4 Å². The van der Waals surface area contributed by atoms with Gasteiger partial charge in [0.2, 0.25) is 15.9 Å². The Kier molecular flexibility index (Phi) is 7.23. The first-order valence-electron chi connectivity index (χ1n) is 10.4. The first kappa shape index (κ1) is 23.1. The van der Waals surface area contributed by atoms with Crippen LogP contribution in [-0.2, 0) is 14.8 Å². The number of methoxy groups -OCH3 is 2. The van der Waals surface area contributed by atoms with Crippen molar-refractivity contribution in [2.75, 3.05) is 27.3 Å². The van der Waals surface area contributed by atoms with Crippen molar-refractivity contribution in [1.82, 2.24) is 9.62 Å². The Balaban J connectivity index is 1.69. The molecule has 1 heterocycles. The van der Waals surface area contributed by atoms with E-state index in [2.05, 4.69) is 5.32 Å². The summed E-state index contributed by atoms with van der Waals surface area (Å²) in [7, 11) is -0.483. The number of ether oxygens (including phenoxy) is 2. The molecular formula is C23H30N2O5S. The number of hydrogen-bond acceptors (Lipinski definition) is 5. The Bertz CT molecular complexity index is 1020. The van der Waals surface area contributed by atoms with Gasteiger partial charge in [0.1, 0.15) is 0 Å². The van der Waals surface area contributed by atoms with Gasteiger partial charge in [-0.2, -0.15) is 4.31 Å². The number of hydrogen-bond donors (Lipinski definition) is 1. The van der Waals surface area contributed by atoms with Gasteiger partial charge in [0.05, 0.1) is 31.1 Å². The quantitative estimate of drug-likeness (QED) is 0.706. The predicted molar refractivity (Wildman–Crippen MR) is 119 cm³/mol. The lowest BCUT2D eigenvalue weighted by atomic mass is 9.98. The van der Waals surface area contributed by atoms with Crippen LogP contribution in [-0.4, -0.2) is 45.9 Å². The Morgan fingerprint density at radius 1 is 1.10 bits per heavy atom. The topological polar surface area (TPSA) is 84.9 Å². The van der Waals surface area contributed by atoms with Crippen molar-refractivity contribution in [3.05, 3.63) is 53.6 Å². The molecule has 7 nitrogen and oxygen atoms in total. The summed E-state index contributed by atoms with van der Waals surface area (Å²) >= 11 is 0. The Labute approximate surface area is 184 Å². The monoisotopic (exact) mass is 446 g/mol. The van der Waals surface area contributed by atoms with Crippen LogP contribution < -0.4 is 14.8 Å². The van der Waals surface area contributed by atoms with Crippen molar-refractivity contribution in [2.24, 2.45) is 5.92 Å². The zero-order valence-corrected chi connectivity index (χ0v) is 19.2. The van der Waals surface area contributed by atoms with Crippen LogP contribution in [0.5, 0.6) is 11.5 Å². The minimum atomic E-state index is -3.62. The lowest BCUT2D eigenvalue weighted by Crippen LogP contribution is -2.45. The Morgan fingerprint density at radius 2 is 1.77 bits per heavy atom. The smallest absolute Gasteiger partial charge is 0.243 e. The van der Waals surface area contributed by atoms with Gasteiger partial charge in [-0.25, -0.2) is 8.42 Å². The van der Waals surface area contributed by atoms with Crippen molar-refractivity contribution in [3.8, 4) is 11.5 Å². The number of sulfonamides is 1. The standard InChI is InChI=1S/C23H30N2O5S/c1-16-7-10-20(11-8-16)31(27,28)25-13-5-6-19(15-25)23(26)24-17(2)18-9-12-21(29-3)22(14-18)30-4/h7-12,14,17,19H,5-6,13,15H2,1-4H3,(H,24,26)/t17-,19-/m0/s1. The fourth-order valence-corrected chi connectivity index (χ4v) is 5.29. The average molecular weight is 447 g/mol. The second-order valence-electron chi connectivity index (χ2n) is 7.86. The summed E-state index contributed by atoms with van der Waals surface area (Å²) in [5, 5.41) is 3.02. The van der Waals surface area contributed by atoms with Gasteiger partial charge < -0.3 is 14.8 Å². The van der Waals surface area contributed by atoms with E-state index in [1.54, 1.807) is 44.6 Å². The molecular weight excluding hydrogens is 416 g/mol. The number of carbonyl (C=O) groups is 1. The molecule has 31 heavy (non-hydrogen) atoms. The van der Waals surface area contributed by atoms with Crippen LogP contribution in [0, 0.1) is 12.8 Å². The van der Waals surface area contributed by atoms with Gasteiger partial charge in [0.25, 0.3) is 0 Å². The van der Waals surface area contributed by atoms with Crippen LogP contribution in [0.4, 0.5) is 0 Å². The van der Waals surface area contributed by atoms with Crippen molar-refractivity contribution < 1.29 is 22.7 Å². The van der Waals surface area contributed by atoms with Gasteiger partial charge in [-0.15, -0.1) is 0 Å². The molecule has 1 aliphatic heterocycles. The fraction of sp³-hybridized carbons (Fsp3) is 0.435. The number of nitrogens with one attached hydrogen (secondary N) is 1. The molecule has 0 aromatic heterocycles. The molecule has 0 spiro atoms. The molecule has 8 heteroatoms. The number of carbonyl (C=O) groups excluding carboxylic acids is 1. The van der Waals surface area contributed by atoms with Crippen LogP contribution in [0.25, 0.3) is 0 Å². The number of piperidine rings is 1. The highest BCUT2D eigenvalue weighted by Gasteiger charge is 2.33. The van der Waals surface area contributed by atoms with Gasteiger partial charge in [-0.3, -0.25) is 4.79 Å². The highest BCUT2D eigenvalue weighted by atomic mass is 32.2. The summed E-state index contributed by atoms with van der Waals surface area (Å²) in [4.78, 5) is 13.2. The number of nitrogens with zero attached hydrogens (tertiary/aromatic N) is 1. The molecule has 0 radical (unpaired) electrons. The van der Waals surface area contributed by atoms with E-state index < -0.39 is 15.9 Å². The van der Waals surface area contributed by atoms with Crippen LogP contribution >= 0.6 is 0 Å². The summed E-state index contributed by atoms with van der Waals surface area (Å²) in [6, 6.07) is 12.1. The van der Waals surface area contributed by atoms with E-state index >= 15 is 0 Å². The molecule has 3 rings (SSSR count). The Morgan fingerprint density at radius 3 is 2.42 bits per heavy atom. The molecule has 2 aromatic carbocycles. The van der Waals surface area contributed by atoms with Crippen LogP contribution in [0.3, 0.4) is 0 Å². The largest absolute Gasteiger partial charge is 0.493 e. The molecule has 0 aliphatic carbocycles. The predicted octanol–water partition coefficient (Wildman–Crippen LogP) is 3.29. The third-order valence-electron chi connectivity index (χ3n) is 5.68. The molecule has 1 amide bonds. The summed E-state index contributed by atoms with van der Waals surface area (Å²) in [6.45, 7) is 4.41. The third-order valence-corrected chi connectivity index (χ3v) is 7.56. The zero-order chi connectivity index (χ0) is 22.6. The molecule has 168 valence electrons. The van der Waals surface area contributed by atoms with Crippen molar-refractivity contribution in [2.45, 2.75) is 37.6 Å². The molecule has 1 N–H and O–H groups in total. The maximum Gasteiger partial charge on any atom is 0.243 e. The maximum atomic E-state index is 13.0. The van der Waals surface area contributed by atoms with Gasteiger partial charge in [0, 0.05) is 13.1 Å². The zero-order valence-electron chi connectivity index (χ0n) is 18.4. The molecule has 0 bridgehead atoms. The van der Waals surface area contributed by atoms with Crippen molar-refractivity contribution in [3.63, 3.8) is 0 Å². The second-order valence-corrected chi connectivity index (χ2v) is 9.80. The Hall–Kier alpha value is -2.58. The van der Waals surface area contributed by atoms with Crippen LogP contribution in [0.2, 0.25) is 0 Å². The van der Waals surface area contributed by atoms with Gasteiger partial charge >= 0.3 is 0 Å². The lowest BCUT2D eigenvalue weighted by molar-refractivity contribution is -0.126. The number of amides is 1. The van der Waals surface area contributed by atoms with Gasteiger partial charge in [0.15, 0.2) is 11.5 Å². The normalized spacial score (nSPS) is 18.3. The molecule has 2 atom stereocenters. The average Bonchev–Trinajstić information content (AvgIpc) is 2.78. The van der Waals surface area contributed by atoms with Crippen molar-refractivity contribution in [1.29, 1.82) is 0 Å². The maximum absolute atomic E-state index is 13.0. The molecule has 2 aromatic rings. The molecule has 1 aliphatic rings. The van der Waals surface area contributed by atoms with Crippen molar-refractivity contribution >= 4 is 15.9 Å². The third kappa shape index (κ3) is 5.19. The first-order chi connectivity index (χ1) is 14.8. The highest BCUT2D eigenvalue weighted by molar-refractivity contribution is 7.89. The molecule has 1 saturated heterocycles. The second kappa shape index (κ2) is 9.70. The van der Waals surface area contributed by atoms with E-state index in [1.165, 1.54) is 4.31 Å². The summed E-state index contributed by atoms with van der Waals surface area (Å²) in [5.41, 5.74) is 1.88. The molecule has 1 fully saturated rings. The minimum absolute atomic E-state index is 0.147. The van der Waals surface area contributed by atoms with Gasteiger partial charge in [-0.1, -0.05) is 23.8 Å². The van der Waals surface area contributed by atoms with Crippen LogP contribution in [0.15, 0.2) is 47.4 Å². The SMILES string of the molecule is COc1ccc([C@H](C)NC(=O)[C@H]2CCCN(S(=O)(=O)c3ccc(C)cc3)C2)cc1OC. The summed E-state index contributed by atoms with van der Waals surface area (Å²) in [6.07, 6.45) is 1.30. The number of benzene rings is 2. The van der Waals surface area contributed by atoms with E-state index in [1.807, 2.05) is 26.0 Å². The first-order valence-corrected chi connectivity index (χ1v) is 11.8. The summed E-state index contributed by atoms with van der Waals surface area (Å²) < 4.78 is 38.0. The molecule has 0 unspecified atom stereocenters. The number of rotatable bonds is 7. The fourth-order valence-electron chi connectivity index (χ4n) is 3.77. The highest BCUT2D eigenvalue weighted by Crippen LogP contribution is 2.30. The van der Waals surface area contributed by atoms with Gasteiger partial charge in [-0.05, 0) is 56.5 Å².